The van der Waals surface area contributed by atoms with Crippen LogP contribution in [0.4, 0.5) is 0 Å². The van der Waals surface area contributed by atoms with Crippen molar-refractivity contribution in [2.24, 2.45) is 0 Å². The van der Waals surface area contributed by atoms with E-state index in [1.54, 1.807) is 0 Å². The number of hydrogen-bond acceptors (Lipinski definition) is 1. The van der Waals surface area contributed by atoms with Crippen molar-refractivity contribution < 1.29 is 9.90 Å². The predicted octanol–water partition coefficient (Wildman–Crippen LogP) is 2.55. The Kier molecular flexibility index (Phi) is 5.23. The van der Waals surface area contributed by atoms with Gasteiger partial charge in [-0.15, -0.1) is 0 Å². The maximum atomic E-state index is 10.3. The fourth-order valence-electron chi connectivity index (χ4n) is 0.930. The van der Waals surface area contributed by atoms with Crippen LogP contribution in [-0.2, 0) is 10.1 Å². The molecule has 0 aliphatic rings. The van der Waals surface area contributed by atoms with Crippen molar-refractivity contribution in [2.45, 2.75) is 17.1 Å². The number of aliphatic carboxylic acids is 1. The third kappa shape index (κ3) is 4.80. The molecule has 1 aromatic carbocycles. The van der Waals surface area contributed by atoms with Crippen molar-refractivity contribution in [3.8, 4) is 0 Å². The number of carboxylic acid groups (broad SMARTS) is 1. The van der Waals surface area contributed by atoms with Crippen molar-refractivity contribution in [2.75, 3.05) is 0 Å². The molecule has 0 atom stereocenters. The fraction of sp³-hybridized carbons (Fsp3) is 0.300. The van der Waals surface area contributed by atoms with E-state index in [9.17, 15) is 4.79 Å². The summed E-state index contributed by atoms with van der Waals surface area (Å²) < 4.78 is 1.08. The summed E-state index contributed by atoms with van der Waals surface area (Å²) in [6.45, 7) is 0. The van der Waals surface area contributed by atoms with E-state index >= 15 is 0 Å². The summed E-state index contributed by atoms with van der Waals surface area (Å²) in [4.78, 5) is 10.3. The molecule has 0 amide bonds. The van der Waals surface area contributed by atoms with E-state index in [1.165, 1.54) is 5.56 Å². The molecule has 2 nitrogen and oxygen atoms in total. The molecule has 76 valence electrons. The Labute approximate surface area is 98.0 Å². The van der Waals surface area contributed by atoms with Gasteiger partial charge in [-0.25, -0.2) is 0 Å². The van der Waals surface area contributed by atoms with Crippen LogP contribution in [0, 0.1) is 0 Å². The second kappa shape index (κ2) is 6.23. The van der Waals surface area contributed by atoms with Crippen LogP contribution in [0.3, 0.4) is 0 Å². The van der Waals surface area contributed by atoms with E-state index in [4.69, 9.17) is 5.11 Å². The van der Waals surface area contributed by atoms with Gasteiger partial charge in [0.05, 0.1) is 0 Å². The first-order chi connectivity index (χ1) is 6.68. The number of carbonyl (C=O) groups is 1. The van der Waals surface area contributed by atoms with Gasteiger partial charge in [0, 0.05) is 0 Å². The van der Waals surface area contributed by atoms with E-state index in [-0.39, 0.29) is 0 Å². The number of benzene rings is 1. The maximum absolute atomic E-state index is 10.3. The topological polar surface area (TPSA) is 37.3 Å². The summed E-state index contributed by atoms with van der Waals surface area (Å²) in [6, 6.07) is 8.18. The monoisotopic (exact) mass is 322 g/mol. The number of hydrogen-bond donors (Lipinski definition) is 1. The Bertz CT molecular complexity index is 297. The van der Waals surface area contributed by atoms with Crippen LogP contribution in [0.1, 0.15) is 12.0 Å². The molecule has 0 aliphatic heterocycles. The molecule has 0 aromatic heterocycles. The summed E-state index contributed by atoms with van der Waals surface area (Å²) in [6.07, 6.45) is 0.302. The quantitative estimate of drug-likeness (QED) is 0.668. The van der Waals surface area contributed by atoms with Crippen molar-refractivity contribution in [1.82, 2.24) is 0 Å². The molecule has 0 fully saturated rings. The zero-order valence-electron chi connectivity index (χ0n) is 7.57. The van der Waals surface area contributed by atoms with Crippen molar-refractivity contribution in [1.29, 1.82) is 0 Å². The molecule has 0 aliphatic carbocycles. The summed E-state index contributed by atoms with van der Waals surface area (Å²) in [5.74, 6) is -0.692. The van der Waals surface area contributed by atoms with E-state index < -0.39 is 5.97 Å². The Morgan fingerprint density at radius 2 is 2.00 bits per heavy atom. The van der Waals surface area contributed by atoms with Crippen LogP contribution in [0.5, 0.6) is 0 Å². The standard InChI is InChI=1S/C10H11BrO2Se/c11-9-3-1-8(2-4-9)7-14-6-5-10(12)13/h1-4H,5-7H2,(H,12,13). The van der Waals surface area contributed by atoms with Gasteiger partial charge in [-0.05, 0) is 0 Å². The minimum absolute atomic E-state index is 0.302. The molecule has 0 heterocycles. The van der Waals surface area contributed by atoms with E-state index in [1.807, 2.05) is 12.1 Å². The molecule has 0 radical (unpaired) electrons. The Morgan fingerprint density at radius 3 is 2.57 bits per heavy atom. The predicted molar refractivity (Wildman–Crippen MR) is 60.7 cm³/mol. The fourth-order valence-corrected chi connectivity index (χ4v) is 3.06. The summed E-state index contributed by atoms with van der Waals surface area (Å²) in [7, 11) is 0. The second-order valence-electron chi connectivity index (χ2n) is 2.82. The van der Waals surface area contributed by atoms with Gasteiger partial charge in [0.25, 0.3) is 0 Å². The van der Waals surface area contributed by atoms with Crippen LogP contribution in [0.25, 0.3) is 0 Å². The molecule has 0 spiro atoms. The molecule has 0 saturated heterocycles. The molecule has 0 bridgehead atoms. The summed E-state index contributed by atoms with van der Waals surface area (Å²) in [5, 5.41) is 10.3. The average molecular weight is 322 g/mol. The van der Waals surface area contributed by atoms with Crippen LogP contribution in [-0.4, -0.2) is 26.0 Å². The minimum atomic E-state index is -0.692. The van der Waals surface area contributed by atoms with Gasteiger partial charge in [0.2, 0.25) is 0 Å². The third-order valence-corrected chi connectivity index (χ3v) is 4.33. The first-order valence-electron chi connectivity index (χ1n) is 4.22. The van der Waals surface area contributed by atoms with Gasteiger partial charge < -0.3 is 0 Å². The van der Waals surface area contributed by atoms with Gasteiger partial charge in [-0.3, -0.25) is 0 Å². The van der Waals surface area contributed by atoms with E-state index in [0.29, 0.717) is 21.4 Å². The van der Waals surface area contributed by atoms with Crippen LogP contribution < -0.4 is 0 Å². The second-order valence-corrected chi connectivity index (χ2v) is 6.06. The Morgan fingerprint density at radius 1 is 1.36 bits per heavy atom. The normalized spacial score (nSPS) is 10.1. The Balaban J connectivity index is 2.25. The average Bonchev–Trinajstić information content (AvgIpc) is 2.15. The molecule has 1 aromatic rings. The molecule has 4 heteroatoms. The number of carboxylic acids is 1. The van der Waals surface area contributed by atoms with E-state index in [0.717, 1.165) is 15.1 Å². The molecule has 1 N–H and O–H groups in total. The molecule has 0 saturated carbocycles. The number of rotatable bonds is 5. The van der Waals surface area contributed by atoms with Gasteiger partial charge in [0.1, 0.15) is 0 Å². The van der Waals surface area contributed by atoms with Gasteiger partial charge in [-0.1, -0.05) is 0 Å². The summed E-state index contributed by atoms with van der Waals surface area (Å²) >= 11 is 3.78. The van der Waals surface area contributed by atoms with Crippen molar-refractivity contribution in [3.63, 3.8) is 0 Å². The summed E-state index contributed by atoms with van der Waals surface area (Å²) in [5.41, 5.74) is 1.29. The number of halogens is 1. The van der Waals surface area contributed by atoms with Crippen LogP contribution >= 0.6 is 15.9 Å². The zero-order valence-corrected chi connectivity index (χ0v) is 10.9. The molecular formula is C10H11BrO2Se. The molecular weight excluding hydrogens is 311 g/mol. The van der Waals surface area contributed by atoms with Gasteiger partial charge >= 0.3 is 98.1 Å². The molecule has 14 heavy (non-hydrogen) atoms. The van der Waals surface area contributed by atoms with Crippen molar-refractivity contribution in [3.05, 3.63) is 34.3 Å². The van der Waals surface area contributed by atoms with Crippen molar-refractivity contribution >= 4 is 36.9 Å². The molecule has 0 unspecified atom stereocenters. The Hall–Kier alpha value is -0.311. The van der Waals surface area contributed by atoms with Crippen LogP contribution in [0.2, 0.25) is 5.32 Å². The zero-order chi connectivity index (χ0) is 10.4. The van der Waals surface area contributed by atoms with Gasteiger partial charge in [-0.2, -0.15) is 0 Å². The molecule has 1 rings (SSSR count). The van der Waals surface area contributed by atoms with E-state index in [2.05, 4.69) is 28.1 Å². The van der Waals surface area contributed by atoms with Gasteiger partial charge in [0.15, 0.2) is 0 Å². The van der Waals surface area contributed by atoms with Crippen LogP contribution in [0.15, 0.2) is 28.7 Å². The SMILES string of the molecule is O=C(O)CC[Se]Cc1ccc(Br)cc1. The first kappa shape index (κ1) is 11.8. The first-order valence-corrected chi connectivity index (χ1v) is 7.44. The third-order valence-electron chi connectivity index (χ3n) is 1.64.